The first kappa shape index (κ1) is 12.0. The van der Waals surface area contributed by atoms with Crippen LogP contribution in [-0.4, -0.2) is 29.1 Å². The fourth-order valence-corrected chi connectivity index (χ4v) is 4.68. The summed E-state index contributed by atoms with van der Waals surface area (Å²) >= 11 is 0. The first-order valence-electron chi connectivity index (χ1n) is 7.41. The van der Waals surface area contributed by atoms with E-state index in [0.717, 1.165) is 19.4 Å². The summed E-state index contributed by atoms with van der Waals surface area (Å²) in [4.78, 5) is 1.93. The van der Waals surface area contributed by atoms with Crippen LogP contribution in [0.1, 0.15) is 30.1 Å². The van der Waals surface area contributed by atoms with Gasteiger partial charge < -0.3 is 9.52 Å². The van der Waals surface area contributed by atoms with E-state index in [9.17, 15) is 13.9 Å². The Kier molecular flexibility index (Phi) is 2.04. The van der Waals surface area contributed by atoms with Gasteiger partial charge in [-0.2, -0.15) is 8.78 Å². The number of alkyl halides is 2. The quantitative estimate of drug-likeness (QED) is 0.808. The van der Waals surface area contributed by atoms with Crippen LogP contribution in [0, 0.1) is 5.92 Å². The number of rotatable bonds is 0. The van der Waals surface area contributed by atoms with Gasteiger partial charge in [0.05, 0.1) is 12.1 Å². The number of phenols is 1. The molecule has 3 nitrogen and oxygen atoms in total. The second-order valence-electron chi connectivity index (χ2n) is 6.67. The van der Waals surface area contributed by atoms with E-state index in [1.165, 1.54) is 12.1 Å². The van der Waals surface area contributed by atoms with Crippen molar-refractivity contribution >= 4 is 11.0 Å². The van der Waals surface area contributed by atoms with Crippen molar-refractivity contribution < 1.29 is 18.3 Å². The number of hydrogen-bond acceptors (Lipinski definition) is 3. The molecule has 3 aliphatic rings. The number of nitrogens with zero attached hydrogens (tertiary/aromatic N) is 1. The predicted octanol–water partition coefficient (Wildman–Crippen LogP) is 3.42. The number of piperidine rings is 1. The van der Waals surface area contributed by atoms with Gasteiger partial charge in [-0.05, 0) is 37.0 Å². The van der Waals surface area contributed by atoms with Crippen molar-refractivity contribution in [3.63, 3.8) is 0 Å². The van der Waals surface area contributed by atoms with Crippen LogP contribution < -0.4 is 0 Å². The van der Waals surface area contributed by atoms with Gasteiger partial charge >= 0.3 is 0 Å². The summed E-state index contributed by atoms with van der Waals surface area (Å²) in [6.45, 7) is 0.548. The van der Waals surface area contributed by atoms with Crippen LogP contribution in [0.5, 0.6) is 5.75 Å². The number of hydrogen-bond donors (Lipinski definition) is 1. The summed E-state index contributed by atoms with van der Waals surface area (Å²) in [5.74, 6) is -1.89. The highest BCUT2D eigenvalue weighted by atomic mass is 19.3. The summed E-state index contributed by atoms with van der Waals surface area (Å²) < 4.78 is 35.4. The first-order chi connectivity index (χ1) is 10.0. The van der Waals surface area contributed by atoms with Gasteiger partial charge in [-0.15, -0.1) is 0 Å². The molecular weight excluding hydrogens is 276 g/mol. The van der Waals surface area contributed by atoms with E-state index in [0.29, 0.717) is 22.6 Å². The van der Waals surface area contributed by atoms with Crippen molar-refractivity contribution in [1.29, 1.82) is 0 Å². The summed E-state index contributed by atoms with van der Waals surface area (Å²) in [6, 6.07) is 4.66. The molecule has 3 unspecified atom stereocenters. The van der Waals surface area contributed by atoms with Crippen LogP contribution in [0.2, 0.25) is 0 Å². The van der Waals surface area contributed by atoms with Crippen LogP contribution in [-0.2, 0) is 5.92 Å². The Bertz CT molecular complexity index is 754. The minimum atomic E-state index is -2.93. The summed E-state index contributed by atoms with van der Waals surface area (Å²) in [6.07, 6.45) is 1.94. The molecule has 1 saturated heterocycles. The molecule has 110 valence electrons. The number of fused-ring (bicyclic) bond motifs is 5. The molecule has 2 fully saturated rings. The maximum Gasteiger partial charge on any atom is 0.289 e. The lowest BCUT2D eigenvalue weighted by molar-refractivity contribution is -0.0380. The third-order valence-electron chi connectivity index (χ3n) is 5.39. The zero-order chi connectivity index (χ0) is 14.4. The Morgan fingerprint density at radius 3 is 2.95 bits per heavy atom. The highest BCUT2D eigenvalue weighted by Crippen LogP contribution is 2.55. The van der Waals surface area contributed by atoms with Crippen molar-refractivity contribution in [3.8, 4) is 5.75 Å². The minimum Gasteiger partial charge on any atom is -0.508 e. The molecule has 5 heteroatoms. The van der Waals surface area contributed by atoms with Gasteiger partial charge in [-0.25, -0.2) is 0 Å². The normalized spacial score (nSPS) is 33.3. The molecule has 3 atom stereocenters. The van der Waals surface area contributed by atoms with Gasteiger partial charge in [-0.1, -0.05) is 0 Å². The van der Waals surface area contributed by atoms with Crippen LogP contribution in [0.3, 0.4) is 0 Å². The largest absolute Gasteiger partial charge is 0.508 e. The van der Waals surface area contributed by atoms with Crippen LogP contribution in [0.4, 0.5) is 8.78 Å². The van der Waals surface area contributed by atoms with E-state index >= 15 is 0 Å². The Balaban J connectivity index is 1.82. The molecule has 5 rings (SSSR count). The Hall–Kier alpha value is -1.62. The zero-order valence-corrected chi connectivity index (χ0v) is 11.4. The highest BCUT2D eigenvalue weighted by Gasteiger charge is 2.55. The molecule has 1 N–H and O–H groups in total. The van der Waals surface area contributed by atoms with Crippen molar-refractivity contribution in [2.24, 2.45) is 5.92 Å². The number of halogens is 2. The van der Waals surface area contributed by atoms with Gasteiger partial charge in [0, 0.05) is 23.9 Å². The maximum atomic E-state index is 14.8. The van der Waals surface area contributed by atoms with E-state index < -0.39 is 5.92 Å². The second-order valence-corrected chi connectivity index (χ2v) is 6.67. The topological polar surface area (TPSA) is 36.6 Å². The molecule has 21 heavy (non-hydrogen) atoms. The zero-order valence-electron chi connectivity index (χ0n) is 11.4. The van der Waals surface area contributed by atoms with Gasteiger partial charge in [0.2, 0.25) is 0 Å². The summed E-state index contributed by atoms with van der Waals surface area (Å²) in [5.41, 5.74) is 0.460. The molecule has 1 aliphatic carbocycles. The monoisotopic (exact) mass is 291 g/mol. The molecule has 3 heterocycles. The smallest absolute Gasteiger partial charge is 0.289 e. The SMILES string of the molecule is Oc1ccc2oc3c(c2c1)C(F)(F)CN1CC2CC3C1C2. The average Bonchev–Trinajstić information content (AvgIpc) is 3.06. The lowest BCUT2D eigenvalue weighted by Crippen LogP contribution is -2.39. The van der Waals surface area contributed by atoms with Gasteiger partial charge in [0.15, 0.2) is 0 Å². The van der Waals surface area contributed by atoms with E-state index in [1.54, 1.807) is 6.07 Å². The fourth-order valence-electron chi connectivity index (χ4n) is 4.68. The predicted molar refractivity (Wildman–Crippen MR) is 72.6 cm³/mol. The Morgan fingerprint density at radius 1 is 1.29 bits per heavy atom. The van der Waals surface area contributed by atoms with Crippen molar-refractivity contribution in [2.75, 3.05) is 13.1 Å². The van der Waals surface area contributed by atoms with Crippen LogP contribution in [0.25, 0.3) is 11.0 Å². The summed E-state index contributed by atoms with van der Waals surface area (Å²) in [7, 11) is 0. The van der Waals surface area contributed by atoms with Crippen LogP contribution in [0.15, 0.2) is 22.6 Å². The van der Waals surface area contributed by atoms with Crippen molar-refractivity contribution in [3.05, 3.63) is 29.5 Å². The molecule has 1 aromatic carbocycles. The lowest BCUT2D eigenvalue weighted by atomic mass is 9.93. The third kappa shape index (κ3) is 1.45. The molecular formula is C16H15F2NO2. The average molecular weight is 291 g/mol. The van der Waals surface area contributed by atoms with E-state index in [2.05, 4.69) is 0 Å². The first-order valence-corrected chi connectivity index (χ1v) is 7.41. The van der Waals surface area contributed by atoms with Crippen molar-refractivity contribution in [2.45, 2.75) is 30.7 Å². The second kappa shape index (κ2) is 3.58. The summed E-state index contributed by atoms with van der Waals surface area (Å²) in [5, 5.41) is 10.0. The highest BCUT2D eigenvalue weighted by molar-refractivity contribution is 5.85. The Labute approximate surface area is 120 Å². The van der Waals surface area contributed by atoms with Gasteiger partial charge in [0.1, 0.15) is 17.1 Å². The molecule has 2 aliphatic heterocycles. The molecule has 0 radical (unpaired) electrons. The van der Waals surface area contributed by atoms with E-state index in [4.69, 9.17) is 4.42 Å². The number of aromatic hydroxyl groups is 1. The lowest BCUT2D eigenvalue weighted by Gasteiger charge is -2.30. The fraction of sp³-hybridized carbons (Fsp3) is 0.500. The number of benzene rings is 1. The maximum absolute atomic E-state index is 14.8. The molecule has 0 spiro atoms. The molecule has 1 aromatic heterocycles. The standard InChI is InChI=1S/C16H15F2NO2/c17-16(18)7-19-6-8-3-10(12(19)4-8)15-14(16)11-5-9(20)1-2-13(11)21-15/h1-2,5,8,10,12,20H,3-4,6-7H2. The minimum absolute atomic E-state index is 0.00118. The van der Waals surface area contributed by atoms with Crippen LogP contribution >= 0.6 is 0 Å². The Morgan fingerprint density at radius 2 is 2.14 bits per heavy atom. The molecule has 2 aromatic rings. The van der Waals surface area contributed by atoms with Gasteiger partial charge in [0.25, 0.3) is 5.92 Å². The van der Waals surface area contributed by atoms with Crippen molar-refractivity contribution in [1.82, 2.24) is 4.90 Å². The number of phenolic OH excluding ortho intramolecular Hbond substituents is 1. The molecule has 2 bridgehead atoms. The molecule has 1 saturated carbocycles. The van der Waals surface area contributed by atoms with E-state index in [1.807, 2.05) is 4.90 Å². The van der Waals surface area contributed by atoms with E-state index in [-0.39, 0.29) is 29.8 Å². The number of furan rings is 1. The third-order valence-corrected chi connectivity index (χ3v) is 5.39. The molecule has 0 amide bonds. The van der Waals surface area contributed by atoms with Gasteiger partial charge in [-0.3, -0.25) is 4.90 Å².